The number of allylic oxidation sites excluding steroid dienone is 10. The van der Waals surface area contributed by atoms with Crippen molar-refractivity contribution in [3.8, 4) is 0 Å². The van der Waals surface area contributed by atoms with Crippen LogP contribution < -0.4 is 0 Å². The maximum atomic E-state index is 10.3. The molecule has 0 unspecified atom stereocenters. The number of nitrogens with zero attached hydrogens (tertiary/aromatic N) is 1. The molecular weight excluding hydrogens is 262 g/mol. The van der Waals surface area contributed by atoms with Crippen LogP contribution in [-0.2, 0) is 4.79 Å². The Bertz CT molecular complexity index is 517. The molecule has 112 valence electrons. The number of aliphatic imine (C=N–C) groups is 1. The van der Waals surface area contributed by atoms with Crippen LogP contribution in [0.25, 0.3) is 0 Å². The lowest BCUT2D eigenvalue weighted by atomic mass is 10.2. The highest BCUT2D eigenvalue weighted by atomic mass is 16.4. The minimum Gasteiger partial charge on any atom is -0.480 e. The summed E-state index contributed by atoms with van der Waals surface area (Å²) in [6.07, 6.45) is 15.9. The summed E-state index contributed by atoms with van der Waals surface area (Å²) in [6, 6.07) is 0. The molecule has 0 radical (unpaired) electrons. The van der Waals surface area contributed by atoms with Crippen molar-refractivity contribution in [2.24, 2.45) is 4.99 Å². The fourth-order valence-corrected chi connectivity index (χ4v) is 1.28. The number of carboxylic acids is 1. The molecule has 0 aliphatic heterocycles. The van der Waals surface area contributed by atoms with Gasteiger partial charge in [-0.05, 0) is 31.4 Å². The molecule has 0 amide bonds. The Morgan fingerprint density at radius 3 is 2.57 bits per heavy atom. The van der Waals surface area contributed by atoms with Gasteiger partial charge in [0.25, 0.3) is 0 Å². The van der Waals surface area contributed by atoms with Crippen molar-refractivity contribution in [3.05, 3.63) is 72.4 Å². The Hall–Kier alpha value is -2.42. The average molecular weight is 285 g/mol. The number of hydrogen-bond acceptors (Lipinski definition) is 2. The summed E-state index contributed by atoms with van der Waals surface area (Å²) in [7, 11) is 0. The van der Waals surface area contributed by atoms with Crippen molar-refractivity contribution in [3.63, 3.8) is 0 Å². The third kappa shape index (κ3) is 12.4. The van der Waals surface area contributed by atoms with E-state index in [1.54, 1.807) is 12.3 Å². The summed E-state index contributed by atoms with van der Waals surface area (Å²) in [4.78, 5) is 14.1. The Morgan fingerprint density at radius 2 is 1.95 bits per heavy atom. The lowest BCUT2D eigenvalue weighted by molar-refractivity contribution is -0.135. The number of rotatable bonds is 9. The topological polar surface area (TPSA) is 49.7 Å². The zero-order valence-electron chi connectivity index (χ0n) is 12.7. The molecule has 0 aliphatic rings. The summed E-state index contributed by atoms with van der Waals surface area (Å²) in [5.41, 5.74) is 2.96. The molecule has 3 nitrogen and oxygen atoms in total. The highest BCUT2D eigenvalue weighted by molar-refractivity contribution is 5.80. The summed E-state index contributed by atoms with van der Waals surface area (Å²) in [5, 5.41) is 8.46. The molecule has 0 aromatic heterocycles. The Kier molecular flexibility index (Phi) is 10.1. The van der Waals surface area contributed by atoms with Crippen molar-refractivity contribution in [2.45, 2.75) is 20.3 Å². The van der Waals surface area contributed by atoms with E-state index in [2.05, 4.69) is 18.2 Å². The van der Waals surface area contributed by atoms with Gasteiger partial charge in [0.05, 0.1) is 0 Å². The third-order valence-corrected chi connectivity index (χ3v) is 2.41. The standard InChI is InChI=1S/C18H23NO2/c1-5-15(2)11-8-12-16(3)9-6-7-10-17(4)13-19-14-18(20)21/h5-6,8-13H,1-2,7,14H2,3-4H3,(H,20,21)/b9-6+,11-8+,16-12+,17-10?,19-13?. The van der Waals surface area contributed by atoms with E-state index in [4.69, 9.17) is 5.11 Å². The van der Waals surface area contributed by atoms with Crippen LogP contribution in [0, 0.1) is 0 Å². The molecule has 3 heteroatoms. The van der Waals surface area contributed by atoms with Crippen molar-refractivity contribution in [2.75, 3.05) is 6.54 Å². The van der Waals surface area contributed by atoms with Gasteiger partial charge in [-0.1, -0.05) is 61.3 Å². The smallest absolute Gasteiger partial charge is 0.325 e. The van der Waals surface area contributed by atoms with Crippen LogP contribution in [0.3, 0.4) is 0 Å². The maximum Gasteiger partial charge on any atom is 0.325 e. The first-order valence-electron chi connectivity index (χ1n) is 6.67. The van der Waals surface area contributed by atoms with Gasteiger partial charge in [-0.15, -0.1) is 0 Å². The molecule has 1 N–H and O–H groups in total. The highest BCUT2D eigenvalue weighted by Gasteiger charge is 1.89. The zero-order valence-corrected chi connectivity index (χ0v) is 12.7. The van der Waals surface area contributed by atoms with E-state index in [0.717, 1.165) is 23.1 Å². The quantitative estimate of drug-likeness (QED) is 0.508. The number of hydrogen-bond donors (Lipinski definition) is 1. The zero-order chi connectivity index (χ0) is 16.1. The lowest BCUT2D eigenvalue weighted by Gasteiger charge is -1.91. The van der Waals surface area contributed by atoms with Crippen LogP contribution in [0.2, 0.25) is 0 Å². The van der Waals surface area contributed by atoms with E-state index in [0.29, 0.717) is 0 Å². The minimum atomic E-state index is -0.924. The van der Waals surface area contributed by atoms with Crippen molar-refractivity contribution < 1.29 is 9.90 Å². The average Bonchev–Trinajstić information content (AvgIpc) is 2.43. The molecular formula is C18H23NO2. The van der Waals surface area contributed by atoms with Crippen LogP contribution in [0.5, 0.6) is 0 Å². The molecule has 0 rings (SSSR count). The lowest BCUT2D eigenvalue weighted by Crippen LogP contribution is -1.99. The Balaban J connectivity index is 4.25. The summed E-state index contributed by atoms with van der Waals surface area (Å²) in [6.45, 7) is 11.1. The molecule has 0 aromatic rings. The first-order chi connectivity index (χ1) is 9.95. The van der Waals surface area contributed by atoms with Crippen molar-refractivity contribution in [1.82, 2.24) is 0 Å². The Morgan fingerprint density at radius 1 is 1.24 bits per heavy atom. The monoisotopic (exact) mass is 285 g/mol. The van der Waals surface area contributed by atoms with Gasteiger partial charge in [0.15, 0.2) is 0 Å². The summed E-state index contributed by atoms with van der Waals surface area (Å²) < 4.78 is 0. The molecule has 0 atom stereocenters. The highest BCUT2D eigenvalue weighted by Crippen LogP contribution is 2.01. The van der Waals surface area contributed by atoms with Crippen LogP contribution in [-0.4, -0.2) is 23.8 Å². The molecule has 21 heavy (non-hydrogen) atoms. The van der Waals surface area contributed by atoms with Crippen molar-refractivity contribution >= 4 is 12.2 Å². The largest absolute Gasteiger partial charge is 0.480 e. The van der Waals surface area contributed by atoms with Crippen LogP contribution in [0.15, 0.2) is 77.4 Å². The predicted molar refractivity (Wildman–Crippen MR) is 90.7 cm³/mol. The summed E-state index contributed by atoms with van der Waals surface area (Å²) >= 11 is 0. The summed E-state index contributed by atoms with van der Waals surface area (Å²) in [5.74, 6) is -0.924. The van der Waals surface area contributed by atoms with E-state index in [9.17, 15) is 4.79 Å². The normalized spacial score (nSPS) is 13.4. The number of carbonyl (C=O) groups is 1. The number of aliphatic carboxylic acids is 1. The van der Waals surface area contributed by atoms with E-state index >= 15 is 0 Å². The van der Waals surface area contributed by atoms with Crippen molar-refractivity contribution in [1.29, 1.82) is 0 Å². The van der Waals surface area contributed by atoms with Gasteiger partial charge in [0, 0.05) is 6.21 Å². The van der Waals surface area contributed by atoms with Gasteiger partial charge in [0.1, 0.15) is 6.54 Å². The van der Waals surface area contributed by atoms with E-state index in [-0.39, 0.29) is 6.54 Å². The molecule has 0 bridgehead atoms. The fraction of sp³-hybridized carbons (Fsp3) is 0.222. The van der Waals surface area contributed by atoms with Crippen LogP contribution in [0.4, 0.5) is 0 Å². The van der Waals surface area contributed by atoms with Gasteiger partial charge >= 0.3 is 5.97 Å². The molecule has 0 saturated heterocycles. The fourth-order valence-electron chi connectivity index (χ4n) is 1.28. The SMILES string of the molecule is C=CC(=C)/C=C/C=C(C)/C=C/CC=C(C)C=NCC(=O)O. The van der Waals surface area contributed by atoms with E-state index in [1.165, 1.54) is 0 Å². The van der Waals surface area contributed by atoms with E-state index < -0.39 is 5.97 Å². The van der Waals surface area contributed by atoms with Gasteiger partial charge in [-0.25, -0.2) is 0 Å². The third-order valence-electron chi connectivity index (χ3n) is 2.41. The van der Waals surface area contributed by atoms with Gasteiger partial charge in [0.2, 0.25) is 0 Å². The molecule has 0 fully saturated rings. The second-order valence-corrected chi connectivity index (χ2v) is 4.50. The van der Waals surface area contributed by atoms with Gasteiger partial charge in [-0.3, -0.25) is 9.79 Å². The van der Waals surface area contributed by atoms with Gasteiger partial charge in [-0.2, -0.15) is 0 Å². The predicted octanol–water partition coefficient (Wildman–Crippen LogP) is 4.28. The maximum absolute atomic E-state index is 10.3. The molecule has 0 heterocycles. The molecule has 0 saturated carbocycles. The first kappa shape index (κ1) is 18.6. The van der Waals surface area contributed by atoms with Crippen LogP contribution in [0.1, 0.15) is 20.3 Å². The second kappa shape index (κ2) is 11.4. The molecule has 0 spiro atoms. The first-order valence-corrected chi connectivity index (χ1v) is 6.67. The Labute approximate surface area is 127 Å². The van der Waals surface area contributed by atoms with Crippen LogP contribution >= 0.6 is 0 Å². The number of carboxylic acid groups (broad SMARTS) is 1. The molecule has 0 aliphatic carbocycles. The van der Waals surface area contributed by atoms with Gasteiger partial charge < -0.3 is 5.11 Å². The van der Waals surface area contributed by atoms with E-state index in [1.807, 2.05) is 50.3 Å². The molecule has 0 aromatic carbocycles. The second-order valence-electron chi connectivity index (χ2n) is 4.50. The minimum absolute atomic E-state index is 0.189.